The van der Waals surface area contributed by atoms with Gasteiger partial charge in [0.25, 0.3) is 0 Å². The summed E-state index contributed by atoms with van der Waals surface area (Å²) in [4.78, 5) is 0. The van der Waals surface area contributed by atoms with Crippen LogP contribution in [0.5, 0.6) is 0 Å². The van der Waals surface area contributed by atoms with Crippen molar-refractivity contribution in [3.8, 4) is 6.07 Å². The zero-order valence-corrected chi connectivity index (χ0v) is 17.3. The molecule has 3 nitrogen and oxygen atoms in total. The fourth-order valence-electron chi connectivity index (χ4n) is 4.69. The first-order valence-corrected chi connectivity index (χ1v) is 11.4. The van der Waals surface area contributed by atoms with Gasteiger partial charge in [-0.25, -0.2) is 0 Å². The van der Waals surface area contributed by atoms with Gasteiger partial charge in [-0.3, -0.25) is 0 Å². The lowest BCUT2D eigenvalue weighted by Crippen LogP contribution is -2.44. The predicted octanol–water partition coefficient (Wildman–Crippen LogP) is 6.62. The van der Waals surface area contributed by atoms with Crippen molar-refractivity contribution in [3.05, 3.63) is 0 Å². The van der Waals surface area contributed by atoms with Crippen LogP contribution in [0.4, 0.5) is 0 Å². The molecule has 2 fully saturated rings. The molecule has 26 heavy (non-hydrogen) atoms. The van der Waals surface area contributed by atoms with Crippen LogP contribution < -0.4 is 0 Å². The molecule has 0 aromatic rings. The summed E-state index contributed by atoms with van der Waals surface area (Å²) in [7, 11) is 0. The summed E-state index contributed by atoms with van der Waals surface area (Å²) in [5.74, 6) is 1.45. The Bertz CT molecular complexity index is 401. The largest absolute Gasteiger partial charge is 0.351 e. The summed E-state index contributed by atoms with van der Waals surface area (Å²) in [6.07, 6.45) is 17.6. The molecule has 1 saturated heterocycles. The minimum atomic E-state index is -0.403. The fraction of sp³-hybridized carbons (Fsp3) is 0.957. The second-order valence-corrected chi connectivity index (χ2v) is 8.82. The summed E-state index contributed by atoms with van der Waals surface area (Å²) in [5, 5.41) is 9.69. The minimum absolute atomic E-state index is 0.0619. The fourth-order valence-corrected chi connectivity index (χ4v) is 4.69. The molecule has 0 bridgehead atoms. The summed E-state index contributed by atoms with van der Waals surface area (Å²) in [6.45, 7) is 5.67. The highest BCUT2D eigenvalue weighted by Crippen LogP contribution is 2.38. The van der Waals surface area contributed by atoms with Crippen molar-refractivity contribution in [2.24, 2.45) is 17.3 Å². The van der Waals surface area contributed by atoms with Crippen LogP contribution >= 0.6 is 0 Å². The second kappa shape index (κ2) is 12.0. The molecule has 0 N–H and O–H groups in total. The highest BCUT2D eigenvalue weighted by atomic mass is 16.7. The first kappa shape index (κ1) is 21.7. The molecule has 0 amide bonds. The number of rotatable bonds is 11. The lowest BCUT2D eigenvalue weighted by molar-refractivity contribution is -0.244. The van der Waals surface area contributed by atoms with Gasteiger partial charge in [0.05, 0.1) is 19.3 Å². The monoisotopic (exact) mass is 363 g/mol. The summed E-state index contributed by atoms with van der Waals surface area (Å²) in [5.41, 5.74) is -0.403. The number of hydrogen-bond donors (Lipinski definition) is 0. The molecule has 2 rings (SSSR count). The molecule has 0 radical (unpaired) electrons. The Hall–Kier alpha value is -0.590. The lowest BCUT2D eigenvalue weighted by Gasteiger charge is -2.40. The normalized spacial score (nSPS) is 32.3. The van der Waals surface area contributed by atoms with Crippen molar-refractivity contribution in [2.45, 2.75) is 110 Å². The van der Waals surface area contributed by atoms with Crippen LogP contribution in [0.3, 0.4) is 0 Å². The van der Waals surface area contributed by atoms with E-state index >= 15 is 0 Å². The smallest absolute Gasteiger partial charge is 0.160 e. The van der Waals surface area contributed by atoms with Gasteiger partial charge < -0.3 is 9.47 Å². The number of hydrogen-bond acceptors (Lipinski definition) is 3. The molecule has 1 heterocycles. The molecule has 0 atom stereocenters. The Morgan fingerprint density at radius 3 is 2.04 bits per heavy atom. The van der Waals surface area contributed by atoms with E-state index in [1.165, 1.54) is 77.0 Å². The van der Waals surface area contributed by atoms with E-state index < -0.39 is 5.41 Å². The Morgan fingerprint density at radius 1 is 0.846 bits per heavy atom. The maximum absolute atomic E-state index is 9.69. The Balaban J connectivity index is 1.64. The van der Waals surface area contributed by atoms with Gasteiger partial charge in [0.1, 0.15) is 5.41 Å². The van der Waals surface area contributed by atoms with Crippen LogP contribution in [0.15, 0.2) is 0 Å². The first-order valence-electron chi connectivity index (χ1n) is 11.4. The van der Waals surface area contributed by atoms with Crippen molar-refractivity contribution in [3.63, 3.8) is 0 Å². The number of ether oxygens (including phenoxy) is 2. The van der Waals surface area contributed by atoms with Crippen LogP contribution in [-0.2, 0) is 9.47 Å². The SMILES string of the molecule is CCCCCCCCCC1(C#N)COC(C2CCC(CCC)CC2)OC1. The number of nitrogens with zero attached hydrogens (tertiary/aromatic N) is 1. The van der Waals surface area contributed by atoms with E-state index in [9.17, 15) is 5.26 Å². The Labute approximate surface area is 161 Å². The van der Waals surface area contributed by atoms with Gasteiger partial charge in [-0.1, -0.05) is 71.6 Å². The topological polar surface area (TPSA) is 42.2 Å². The van der Waals surface area contributed by atoms with Crippen LogP contribution in [0.2, 0.25) is 0 Å². The number of unbranched alkanes of at least 4 members (excludes halogenated alkanes) is 6. The Morgan fingerprint density at radius 2 is 1.46 bits per heavy atom. The number of nitriles is 1. The average molecular weight is 364 g/mol. The van der Waals surface area contributed by atoms with Crippen molar-refractivity contribution < 1.29 is 9.47 Å². The van der Waals surface area contributed by atoms with Crippen molar-refractivity contribution in [1.29, 1.82) is 5.26 Å². The standard InChI is InChI=1S/C23H41NO2/c1-3-5-6-7-8-9-10-16-23(17-24)18-25-22(26-19-23)21-14-12-20(11-4-2)13-15-21/h20-22H,3-16,18-19H2,1-2H3. The summed E-state index contributed by atoms with van der Waals surface area (Å²) >= 11 is 0. The molecule has 1 aliphatic heterocycles. The van der Waals surface area contributed by atoms with Gasteiger partial charge in [-0.15, -0.1) is 0 Å². The first-order chi connectivity index (χ1) is 12.7. The lowest BCUT2D eigenvalue weighted by atomic mass is 9.79. The molecule has 2 aliphatic rings. The van der Waals surface area contributed by atoms with E-state index in [0.29, 0.717) is 19.1 Å². The highest BCUT2D eigenvalue weighted by Gasteiger charge is 2.40. The zero-order valence-electron chi connectivity index (χ0n) is 17.3. The molecular weight excluding hydrogens is 322 g/mol. The summed E-state index contributed by atoms with van der Waals surface area (Å²) < 4.78 is 12.2. The molecular formula is C23H41NO2. The molecule has 0 spiro atoms. The maximum atomic E-state index is 9.69. The molecule has 1 aliphatic carbocycles. The third kappa shape index (κ3) is 6.86. The van der Waals surface area contributed by atoms with Crippen molar-refractivity contribution in [1.82, 2.24) is 0 Å². The summed E-state index contributed by atoms with van der Waals surface area (Å²) in [6, 6.07) is 2.53. The molecule has 150 valence electrons. The van der Waals surface area contributed by atoms with Crippen LogP contribution in [0, 0.1) is 28.6 Å². The molecule has 0 unspecified atom stereocenters. The van der Waals surface area contributed by atoms with Crippen molar-refractivity contribution >= 4 is 0 Å². The highest BCUT2D eigenvalue weighted by molar-refractivity contribution is 5.00. The van der Waals surface area contributed by atoms with Gasteiger partial charge in [-0.2, -0.15) is 5.26 Å². The van der Waals surface area contributed by atoms with Gasteiger partial charge in [-0.05, 0) is 38.0 Å². The van der Waals surface area contributed by atoms with Gasteiger partial charge in [0.2, 0.25) is 0 Å². The van der Waals surface area contributed by atoms with E-state index in [0.717, 1.165) is 18.8 Å². The second-order valence-electron chi connectivity index (χ2n) is 8.82. The van der Waals surface area contributed by atoms with E-state index in [1.807, 2.05) is 0 Å². The van der Waals surface area contributed by atoms with Crippen molar-refractivity contribution in [2.75, 3.05) is 13.2 Å². The van der Waals surface area contributed by atoms with E-state index in [-0.39, 0.29) is 6.29 Å². The third-order valence-corrected chi connectivity index (χ3v) is 6.52. The average Bonchev–Trinajstić information content (AvgIpc) is 2.69. The molecule has 0 aromatic heterocycles. The van der Waals surface area contributed by atoms with Gasteiger partial charge in [0, 0.05) is 5.92 Å². The van der Waals surface area contributed by atoms with E-state index in [2.05, 4.69) is 19.9 Å². The van der Waals surface area contributed by atoms with Crippen LogP contribution in [0.25, 0.3) is 0 Å². The van der Waals surface area contributed by atoms with E-state index in [4.69, 9.17) is 9.47 Å². The van der Waals surface area contributed by atoms with E-state index in [1.54, 1.807) is 0 Å². The van der Waals surface area contributed by atoms with Gasteiger partial charge >= 0.3 is 0 Å². The molecule has 1 saturated carbocycles. The van der Waals surface area contributed by atoms with Gasteiger partial charge in [0.15, 0.2) is 6.29 Å². The maximum Gasteiger partial charge on any atom is 0.160 e. The zero-order chi connectivity index (χ0) is 18.7. The predicted molar refractivity (Wildman–Crippen MR) is 107 cm³/mol. The molecule has 0 aromatic carbocycles. The Kier molecular flexibility index (Phi) is 10.0. The molecule has 3 heteroatoms. The quantitative estimate of drug-likeness (QED) is 0.387. The minimum Gasteiger partial charge on any atom is -0.351 e. The third-order valence-electron chi connectivity index (χ3n) is 6.52. The van der Waals surface area contributed by atoms with Crippen LogP contribution in [0.1, 0.15) is 104 Å². The van der Waals surface area contributed by atoms with Crippen LogP contribution in [-0.4, -0.2) is 19.5 Å².